The van der Waals surface area contributed by atoms with Crippen LogP contribution in [0.2, 0.25) is 0 Å². The van der Waals surface area contributed by atoms with E-state index in [1.54, 1.807) is 6.92 Å². The molecule has 2 saturated heterocycles. The van der Waals surface area contributed by atoms with Gasteiger partial charge in [0.25, 0.3) is 0 Å². The molecule has 6 aliphatic rings. The molecule has 2 aliphatic heterocycles. The summed E-state index contributed by atoms with van der Waals surface area (Å²) < 4.78 is 13.1. The van der Waals surface area contributed by atoms with Crippen LogP contribution in [0.3, 0.4) is 0 Å². The third-order valence-corrected chi connectivity index (χ3v) is 12.4. The Labute approximate surface area is 207 Å². The van der Waals surface area contributed by atoms with Crippen LogP contribution in [0.4, 0.5) is 0 Å². The topological polar surface area (TPSA) is 140 Å². The van der Waals surface area contributed by atoms with Crippen molar-refractivity contribution in [3.63, 3.8) is 0 Å². The largest absolute Gasteiger partial charge is 0.390 e. The highest BCUT2D eigenvalue weighted by atomic mass is 16.7. The summed E-state index contributed by atoms with van der Waals surface area (Å²) in [7, 11) is 0. The first-order chi connectivity index (χ1) is 16.3. The van der Waals surface area contributed by atoms with E-state index >= 15 is 0 Å². The summed E-state index contributed by atoms with van der Waals surface area (Å²) in [5.41, 5.74) is -3.49. The van der Waals surface area contributed by atoms with Crippen molar-refractivity contribution >= 4 is 0 Å². The molecule has 16 atom stereocenters. The average Bonchev–Trinajstić information content (AvgIpc) is 3.27. The molecular formula is C27H44O8. The zero-order valence-electron chi connectivity index (χ0n) is 21.4. The van der Waals surface area contributed by atoms with Crippen LogP contribution in [-0.4, -0.2) is 85.3 Å². The fourth-order valence-electron chi connectivity index (χ4n) is 10.4. The van der Waals surface area contributed by atoms with Gasteiger partial charge in [0.2, 0.25) is 0 Å². The number of fused-ring (bicyclic) bond motifs is 7. The predicted octanol–water partition coefficient (Wildman–Crippen LogP) is 0.792. The quantitative estimate of drug-likeness (QED) is 0.289. The average molecular weight is 497 g/mol. The fourth-order valence-corrected chi connectivity index (χ4v) is 10.4. The minimum atomic E-state index is -2.10. The summed E-state index contributed by atoms with van der Waals surface area (Å²) in [4.78, 5) is 0. The molecule has 0 amide bonds. The van der Waals surface area contributed by atoms with Gasteiger partial charge in [-0.3, -0.25) is 0 Å². The van der Waals surface area contributed by atoms with Crippen molar-refractivity contribution < 1.29 is 40.1 Å². The second kappa shape index (κ2) is 7.63. The molecule has 35 heavy (non-hydrogen) atoms. The molecule has 4 aliphatic carbocycles. The van der Waals surface area contributed by atoms with Crippen molar-refractivity contribution in [1.82, 2.24) is 0 Å². The molecule has 6 unspecified atom stereocenters. The summed E-state index contributed by atoms with van der Waals surface area (Å²) in [5, 5.41) is 66.0. The highest BCUT2D eigenvalue weighted by molar-refractivity contribution is 5.25. The molecule has 0 bridgehead atoms. The Morgan fingerprint density at radius 2 is 1.51 bits per heavy atom. The van der Waals surface area contributed by atoms with Gasteiger partial charge in [-0.1, -0.05) is 27.7 Å². The van der Waals surface area contributed by atoms with E-state index in [9.17, 15) is 30.6 Å². The Balaban J connectivity index is 1.33. The van der Waals surface area contributed by atoms with E-state index in [0.29, 0.717) is 18.3 Å². The molecule has 2 heterocycles. The van der Waals surface area contributed by atoms with Gasteiger partial charge in [-0.15, -0.1) is 0 Å². The number of hydrogen-bond acceptors (Lipinski definition) is 8. The van der Waals surface area contributed by atoms with Gasteiger partial charge in [0.15, 0.2) is 5.79 Å². The van der Waals surface area contributed by atoms with Crippen molar-refractivity contribution in [3.8, 4) is 0 Å². The second-order valence-electron chi connectivity index (χ2n) is 13.6. The molecule has 0 radical (unpaired) electrons. The van der Waals surface area contributed by atoms with Crippen molar-refractivity contribution in [2.45, 2.75) is 114 Å². The standard InChI is InChI=1S/C27H44O8/c1-12-5-8-26(34-11-12)13(2)19-17(35-26)10-16-14-9-18(28)27(33)23(32)21(30)20(29)22(31)25(27,4)15(14)6-7-24(16,19)3/h12-23,28-33H,5-11H2,1-4H3/t12-,13+,14-,15+,16+,17+,18?,19+,20?,21?,22?,23?,24+,25+,26-,27?/m1/s1. The third kappa shape index (κ3) is 2.81. The number of hydrogen-bond donors (Lipinski definition) is 6. The number of aliphatic hydroxyl groups is 6. The van der Waals surface area contributed by atoms with Crippen LogP contribution in [-0.2, 0) is 9.47 Å². The van der Waals surface area contributed by atoms with Crippen molar-refractivity contribution in [1.29, 1.82) is 0 Å². The molecular weight excluding hydrogens is 452 g/mol. The summed E-state index contributed by atoms with van der Waals surface area (Å²) in [5.74, 6) is 0.648. The van der Waals surface area contributed by atoms with E-state index < -0.39 is 47.3 Å². The molecule has 6 N–H and O–H groups in total. The smallest absolute Gasteiger partial charge is 0.171 e. The van der Waals surface area contributed by atoms with Gasteiger partial charge in [-0.05, 0) is 67.1 Å². The summed E-state index contributed by atoms with van der Waals surface area (Å²) in [6, 6.07) is 0. The van der Waals surface area contributed by atoms with Crippen molar-refractivity contribution in [2.24, 2.45) is 46.3 Å². The first-order valence-corrected chi connectivity index (χ1v) is 13.8. The van der Waals surface area contributed by atoms with Crippen LogP contribution < -0.4 is 0 Å². The minimum Gasteiger partial charge on any atom is -0.390 e. The van der Waals surface area contributed by atoms with Gasteiger partial charge in [-0.2, -0.15) is 0 Å². The van der Waals surface area contributed by atoms with E-state index in [1.165, 1.54) is 0 Å². The van der Waals surface area contributed by atoms with Gasteiger partial charge in [0.1, 0.15) is 23.9 Å². The van der Waals surface area contributed by atoms with Gasteiger partial charge in [0.05, 0.1) is 24.9 Å². The molecule has 0 aromatic rings. The Hall–Kier alpha value is -0.320. The van der Waals surface area contributed by atoms with Crippen LogP contribution in [0.25, 0.3) is 0 Å². The lowest BCUT2D eigenvalue weighted by molar-refractivity contribution is -0.350. The zero-order valence-corrected chi connectivity index (χ0v) is 21.4. The first kappa shape index (κ1) is 25.0. The number of ether oxygens (including phenoxy) is 2. The van der Waals surface area contributed by atoms with Crippen molar-refractivity contribution in [3.05, 3.63) is 0 Å². The van der Waals surface area contributed by atoms with Crippen LogP contribution in [0, 0.1) is 46.3 Å². The summed E-state index contributed by atoms with van der Waals surface area (Å²) in [6.45, 7) is 9.25. The van der Waals surface area contributed by atoms with Gasteiger partial charge < -0.3 is 40.1 Å². The van der Waals surface area contributed by atoms with Crippen LogP contribution in [0.5, 0.6) is 0 Å². The highest BCUT2D eigenvalue weighted by Gasteiger charge is 2.76. The Morgan fingerprint density at radius 1 is 0.829 bits per heavy atom. The maximum absolute atomic E-state index is 11.7. The summed E-state index contributed by atoms with van der Waals surface area (Å²) >= 11 is 0. The Morgan fingerprint density at radius 3 is 2.17 bits per heavy atom. The molecule has 0 aromatic heterocycles. The molecule has 6 fully saturated rings. The fraction of sp³-hybridized carbons (Fsp3) is 1.00. The normalized spacial score (nSPS) is 66.0. The van der Waals surface area contributed by atoms with Gasteiger partial charge in [0, 0.05) is 17.8 Å². The number of rotatable bonds is 0. The van der Waals surface area contributed by atoms with Crippen molar-refractivity contribution in [2.75, 3.05) is 6.61 Å². The predicted molar refractivity (Wildman–Crippen MR) is 125 cm³/mol. The van der Waals surface area contributed by atoms with Gasteiger partial charge in [-0.25, -0.2) is 0 Å². The van der Waals surface area contributed by atoms with E-state index in [0.717, 1.165) is 32.3 Å². The Bertz CT molecular complexity index is 860. The molecule has 6 rings (SSSR count). The maximum atomic E-state index is 11.7. The zero-order chi connectivity index (χ0) is 25.3. The molecule has 8 nitrogen and oxygen atoms in total. The van der Waals surface area contributed by atoms with Gasteiger partial charge >= 0.3 is 0 Å². The van der Waals surface area contributed by atoms with E-state index in [4.69, 9.17) is 9.47 Å². The third-order valence-electron chi connectivity index (χ3n) is 12.4. The SMILES string of the molecule is C[C@@H]1CC[C@@]2(OC1)O[C@H]1C[C@H]3[C@@H]4CC(O)C5(O)C(O)C(O)C(O)C(O)[C@]5(C)[C@H]4CC[C@]3(C)[C@H]1[C@@H]2C. The molecule has 1 spiro atoms. The van der Waals surface area contributed by atoms with E-state index in [-0.39, 0.29) is 41.6 Å². The monoisotopic (exact) mass is 496 g/mol. The first-order valence-electron chi connectivity index (χ1n) is 13.8. The van der Waals surface area contributed by atoms with E-state index in [2.05, 4.69) is 20.8 Å². The lowest BCUT2D eigenvalue weighted by Gasteiger charge is -2.68. The molecule has 200 valence electrons. The lowest BCUT2D eigenvalue weighted by Crippen LogP contribution is -2.81. The summed E-state index contributed by atoms with van der Waals surface area (Å²) in [6.07, 6.45) is -3.03. The van der Waals surface area contributed by atoms with Crippen LogP contribution in [0.1, 0.15) is 66.2 Å². The number of aliphatic hydroxyl groups excluding tert-OH is 5. The van der Waals surface area contributed by atoms with Crippen LogP contribution >= 0.6 is 0 Å². The minimum absolute atomic E-state index is 0.00274. The lowest BCUT2D eigenvalue weighted by atomic mass is 9.40. The van der Waals surface area contributed by atoms with E-state index in [1.807, 2.05) is 0 Å². The molecule has 0 aromatic carbocycles. The molecule has 4 saturated carbocycles. The van der Waals surface area contributed by atoms with Crippen LogP contribution in [0.15, 0.2) is 0 Å². The highest BCUT2D eigenvalue weighted by Crippen LogP contribution is 2.71. The second-order valence-corrected chi connectivity index (χ2v) is 13.6. The molecule has 8 heteroatoms. The maximum Gasteiger partial charge on any atom is 0.171 e. The Kier molecular flexibility index (Phi) is 5.44.